The summed E-state index contributed by atoms with van der Waals surface area (Å²) in [5, 5.41) is 9.32. The Morgan fingerprint density at radius 3 is 2.45 bits per heavy atom. The number of rotatable bonds is 5. The van der Waals surface area contributed by atoms with Gasteiger partial charge in [0.2, 0.25) is 11.8 Å². The van der Waals surface area contributed by atoms with Crippen LogP contribution in [0.3, 0.4) is 0 Å². The number of hydrogen-bond acceptors (Lipinski definition) is 6. The number of carbonyl (C=O) groups is 2. The third-order valence-corrected chi connectivity index (χ3v) is 6.38. The van der Waals surface area contributed by atoms with Gasteiger partial charge in [0.15, 0.2) is 0 Å². The van der Waals surface area contributed by atoms with Crippen LogP contribution in [0.15, 0.2) is 54.6 Å². The highest BCUT2D eigenvalue weighted by molar-refractivity contribution is 5.90. The number of nitrogens with one attached hydrogen (secondary N) is 1. The van der Waals surface area contributed by atoms with Gasteiger partial charge < -0.3 is 14.5 Å². The average Bonchev–Trinajstić information content (AvgIpc) is 2.83. The summed E-state index contributed by atoms with van der Waals surface area (Å²) in [5.41, 5.74) is 2.82. The Balaban J connectivity index is 1.43. The zero-order valence-corrected chi connectivity index (χ0v) is 18.6. The molecule has 33 heavy (non-hydrogen) atoms. The number of anilines is 1. The van der Waals surface area contributed by atoms with Crippen LogP contribution in [0, 0.1) is 11.7 Å². The maximum absolute atomic E-state index is 13.5. The number of hydrogen-bond donors (Lipinski definition) is 2. The molecule has 0 radical (unpaired) electrons. The van der Waals surface area contributed by atoms with Gasteiger partial charge in [-0.15, -0.1) is 0 Å². The smallest absolute Gasteiger partial charge is 0.248 e. The fourth-order valence-electron chi connectivity index (χ4n) is 4.75. The molecule has 2 amide bonds. The van der Waals surface area contributed by atoms with E-state index < -0.39 is 29.8 Å². The SMILES string of the molecule is CN1CC(Oc2cccc(F)c2)CC(C(=O)NO)C1C(=O)N1CCN(c2ccccc2)CC1. The lowest BCUT2D eigenvalue weighted by Crippen LogP contribution is -2.62. The van der Waals surface area contributed by atoms with Gasteiger partial charge in [0, 0.05) is 44.5 Å². The highest BCUT2D eigenvalue weighted by Crippen LogP contribution is 2.28. The molecule has 2 saturated heterocycles. The molecule has 2 fully saturated rings. The summed E-state index contributed by atoms with van der Waals surface area (Å²) in [6.07, 6.45) is -0.203. The van der Waals surface area contributed by atoms with Crippen LogP contribution >= 0.6 is 0 Å². The topological polar surface area (TPSA) is 85.3 Å². The Morgan fingerprint density at radius 1 is 1.06 bits per heavy atom. The lowest BCUT2D eigenvalue weighted by Gasteiger charge is -2.44. The summed E-state index contributed by atoms with van der Waals surface area (Å²) >= 11 is 0. The van der Waals surface area contributed by atoms with Gasteiger partial charge in [0.25, 0.3) is 0 Å². The van der Waals surface area contributed by atoms with Crippen LogP contribution in [0.2, 0.25) is 0 Å². The zero-order chi connectivity index (χ0) is 23.4. The number of piperidine rings is 1. The number of hydroxylamine groups is 1. The maximum atomic E-state index is 13.5. The largest absolute Gasteiger partial charge is 0.489 e. The van der Waals surface area contributed by atoms with Crippen molar-refractivity contribution in [3.8, 4) is 5.75 Å². The fraction of sp³-hybridized carbons (Fsp3) is 0.417. The standard InChI is InChI=1S/C24H29FN4O4/c1-27-16-20(33-19-9-5-6-17(25)14-19)15-21(23(30)26-32)22(27)24(31)29-12-10-28(11-13-29)18-7-3-2-4-8-18/h2-9,14,20-22,32H,10-13,15-16H2,1H3,(H,26,30). The fourth-order valence-corrected chi connectivity index (χ4v) is 4.75. The molecule has 2 aromatic rings. The molecule has 4 rings (SSSR count). The van der Waals surface area contributed by atoms with Gasteiger partial charge in [-0.3, -0.25) is 19.7 Å². The number of likely N-dealkylation sites (N-methyl/N-ethyl adjacent to an activating group) is 1. The monoisotopic (exact) mass is 456 g/mol. The van der Waals surface area contributed by atoms with Crippen LogP contribution in [0.4, 0.5) is 10.1 Å². The lowest BCUT2D eigenvalue weighted by molar-refractivity contribution is -0.151. The second-order valence-electron chi connectivity index (χ2n) is 8.55. The van der Waals surface area contributed by atoms with E-state index in [-0.39, 0.29) is 12.3 Å². The molecule has 0 aromatic heterocycles. The Kier molecular flexibility index (Phi) is 7.10. The minimum Gasteiger partial charge on any atom is -0.489 e. The van der Waals surface area contributed by atoms with E-state index in [4.69, 9.17) is 4.74 Å². The second kappa shape index (κ2) is 10.2. The summed E-state index contributed by atoms with van der Waals surface area (Å²) in [7, 11) is 1.77. The van der Waals surface area contributed by atoms with Crippen LogP contribution in [-0.4, -0.2) is 78.7 Å². The third kappa shape index (κ3) is 5.26. The van der Waals surface area contributed by atoms with Gasteiger partial charge in [-0.25, -0.2) is 9.87 Å². The molecule has 176 valence electrons. The minimum absolute atomic E-state index is 0.136. The molecule has 9 heteroatoms. The minimum atomic E-state index is -0.799. The van der Waals surface area contributed by atoms with Gasteiger partial charge in [-0.1, -0.05) is 24.3 Å². The number of carbonyl (C=O) groups excluding carboxylic acids is 2. The average molecular weight is 457 g/mol. The maximum Gasteiger partial charge on any atom is 0.248 e. The zero-order valence-electron chi connectivity index (χ0n) is 18.6. The number of likely N-dealkylation sites (tertiary alicyclic amines) is 1. The second-order valence-corrected chi connectivity index (χ2v) is 8.55. The molecule has 0 bridgehead atoms. The van der Waals surface area contributed by atoms with E-state index in [9.17, 15) is 19.2 Å². The Bertz CT molecular complexity index is 968. The highest BCUT2D eigenvalue weighted by atomic mass is 19.1. The Hall–Kier alpha value is -3.17. The number of benzene rings is 2. The molecule has 0 saturated carbocycles. The van der Waals surface area contributed by atoms with E-state index in [1.807, 2.05) is 30.3 Å². The summed E-state index contributed by atoms with van der Waals surface area (Å²) in [5.74, 6) is -1.62. The summed E-state index contributed by atoms with van der Waals surface area (Å²) in [6.45, 7) is 2.90. The first kappa shape index (κ1) is 23.0. The normalized spacial score (nSPS) is 23.8. The summed E-state index contributed by atoms with van der Waals surface area (Å²) < 4.78 is 19.4. The molecule has 2 N–H and O–H groups in total. The number of amides is 2. The van der Waals surface area contributed by atoms with Gasteiger partial charge in [-0.05, 0) is 37.7 Å². The number of para-hydroxylation sites is 1. The first-order chi connectivity index (χ1) is 16.0. The van der Waals surface area contributed by atoms with Crippen molar-refractivity contribution in [2.24, 2.45) is 5.92 Å². The highest BCUT2D eigenvalue weighted by Gasteiger charge is 2.45. The Labute approximate surface area is 192 Å². The van der Waals surface area contributed by atoms with Crippen molar-refractivity contribution in [1.82, 2.24) is 15.3 Å². The molecule has 0 aliphatic carbocycles. The van der Waals surface area contributed by atoms with E-state index in [0.717, 1.165) is 5.69 Å². The lowest BCUT2D eigenvalue weighted by atomic mass is 9.86. The summed E-state index contributed by atoms with van der Waals surface area (Å²) in [4.78, 5) is 31.8. The Morgan fingerprint density at radius 2 is 1.79 bits per heavy atom. The van der Waals surface area contributed by atoms with Crippen molar-refractivity contribution in [2.45, 2.75) is 18.6 Å². The third-order valence-electron chi connectivity index (χ3n) is 6.38. The van der Waals surface area contributed by atoms with Crippen LogP contribution in [0.1, 0.15) is 6.42 Å². The predicted molar refractivity (Wildman–Crippen MR) is 121 cm³/mol. The molecule has 2 heterocycles. The number of piperazine rings is 1. The predicted octanol–water partition coefficient (Wildman–Crippen LogP) is 1.75. The van der Waals surface area contributed by atoms with E-state index in [1.165, 1.54) is 12.1 Å². The molecular weight excluding hydrogens is 427 g/mol. The van der Waals surface area contributed by atoms with Crippen LogP contribution in [0.25, 0.3) is 0 Å². The van der Waals surface area contributed by atoms with Crippen molar-refractivity contribution in [3.05, 3.63) is 60.4 Å². The number of nitrogens with zero attached hydrogens (tertiary/aromatic N) is 3. The summed E-state index contributed by atoms with van der Waals surface area (Å²) in [6, 6.07) is 15.1. The molecule has 3 atom stereocenters. The van der Waals surface area contributed by atoms with Crippen molar-refractivity contribution >= 4 is 17.5 Å². The first-order valence-corrected chi connectivity index (χ1v) is 11.1. The van der Waals surface area contributed by atoms with E-state index in [1.54, 1.807) is 34.5 Å². The molecule has 3 unspecified atom stereocenters. The van der Waals surface area contributed by atoms with Crippen LogP contribution in [-0.2, 0) is 9.59 Å². The van der Waals surface area contributed by atoms with Crippen LogP contribution < -0.4 is 15.1 Å². The quantitative estimate of drug-likeness (QED) is 0.527. The molecule has 2 aromatic carbocycles. The van der Waals surface area contributed by atoms with Gasteiger partial charge in [-0.2, -0.15) is 0 Å². The van der Waals surface area contributed by atoms with Crippen molar-refractivity contribution in [3.63, 3.8) is 0 Å². The van der Waals surface area contributed by atoms with E-state index >= 15 is 0 Å². The van der Waals surface area contributed by atoms with Gasteiger partial charge in [0.05, 0.1) is 5.92 Å². The van der Waals surface area contributed by atoms with Gasteiger partial charge >= 0.3 is 0 Å². The first-order valence-electron chi connectivity index (χ1n) is 11.1. The molecule has 2 aliphatic rings. The van der Waals surface area contributed by atoms with Crippen molar-refractivity contribution in [1.29, 1.82) is 0 Å². The van der Waals surface area contributed by atoms with E-state index in [0.29, 0.717) is 38.5 Å². The van der Waals surface area contributed by atoms with Crippen molar-refractivity contribution in [2.75, 3.05) is 44.7 Å². The molecule has 2 aliphatic heterocycles. The molecule has 0 spiro atoms. The van der Waals surface area contributed by atoms with Crippen molar-refractivity contribution < 1.29 is 23.9 Å². The van der Waals surface area contributed by atoms with Gasteiger partial charge in [0.1, 0.15) is 23.7 Å². The van der Waals surface area contributed by atoms with E-state index in [2.05, 4.69) is 4.90 Å². The molecule has 8 nitrogen and oxygen atoms in total. The number of halogens is 1. The number of ether oxygens (including phenoxy) is 1. The van der Waals surface area contributed by atoms with Crippen LogP contribution in [0.5, 0.6) is 5.75 Å². The molecular formula is C24H29FN4O4.